The summed E-state index contributed by atoms with van der Waals surface area (Å²) < 4.78 is 0. The minimum Gasteiger partial charge on any atom is -0.240 e. The third-order valence-electron chi connectivity index (χ3n) is 8.88. The van der Waals surface area contributed by atoms with Crippen LogP contribution in [0.1, 0.15) is 23.1 Å². The van der Waals surface area contributed by atoms with Crippen molar-refractivity contribution in [2.45, 2.75) is 11.8 Å². The van der Waals surface area contributed by atoms with E-state index in [-0.39, 0.29) is 11.3 Å². The van der Waals surface area contributed by atoms with E-state index in [9.17, 15) is 0 Å². The molecule has 0 bridgehead atoms. The Kier molecular flexibility index (Phi) is 6.15. The highest BCUT2D eigenvalue weighted by molar-refractivity contribution is 5.86. The first-order valence-corrected chi connectivity index (χ1v) is 14.9. The SMILES string of the molecule is C1=CCC(C2(c3ccccc3)c3ccccc3-c3ccc(-c4nc(-c5ccccc5)nc(-c5ccccc5)[nH+]4)cc32)C=C1. The van der Waals surface area contributed by atoms with E-state index >= 15 is 0 Å². The monoisotopic (exact) mass is 552 g/mol. The summed E-state index contributed by atoms with van der Waals surface area (Å²) in [7, 11) is 0. The number of benzene rings is 5. The van der Waals surface area contributed by atoms with Crippen molar-refractivity contribution < 1.29 is 4.98 Å². The van der Waals surface area contributed by atoms with Crippen LogP contribution in [-0.2, 0) is 5.41 Å². The number of hydrogen-bond donors (Lipinski definition) is 0. The fourth-order valence-electron chi connectivity index (χ4n) is 6.98. The number of allylic oxidation sites excluding steroid dienone is 4. The van der Waals surface area contributed by atoms with E-state index in [2.05, 4.69) is 126 Å². The summed E-state index contributed by atoms with van der Waals surface area (Å²) in [6, 6.07) is 47.3. The normalized spacial score (nSPS) is 18.3. The van der Waals surface area contributed by atoms with Crippen LogP contribution in [0.4, 0.5) is 0 Å². The molecule has 3 heteroatoms. The molecule has 1 heterocycles. The molecule has 204 valence electrons. The van der Waals surface area contributed by atoms with Crippen molar-refractivity contribution in [1.29, 1.82) is 0 Å². The molecule has 8 rings (SSSR count). The maximum atomic E-state index is 5.12. The average Bonchev–Trinajstić information content (AvgIpc) is 3.40. The molecule has 0 radical (unpaired) electrons. The molecule has 3 nitrogen and oxygen atoms in total. The molecule has 0 aliphatic heterocycles. The van der Waals surface area contributed by atoms with Crippen molar-refractivity contribution in [3.05, 3.63) is 174 Å². The second-order valence-corrected chi connectivity index (χ2v) is 11.2. The third-order valence-corrected chi connectivity index (χ3v) is 8.88. The van der Waals surface area contributed by atoms with Crippen molar-refractivity contribution in [1.82, 2.24) is 9.97 Å². The zero-order chi connectivity index (χ0) is 28.6. The molecule has 2 atom stereocenters. The number of nitrogens with one attached hydrogen (secondary N) is 1. The van der Waals surface area contributed by atoms with Gasteiger partial charge >= 0.3 is 5.82 Å². The van der Waals surface area contributed by atoms with E-state index in [1.165, 1.54) is 27.8 Å². The number of rotatable bonds is 5. The molecule has 2 unspecified atom stereocenters. The Morgan fingerprint density at radius 3 is 1.91 bits per heavy atom. The molecule has 0 saturated heterocycles. The zero-order valence-electron chi connectivity index (χ0n) is 23.7. The fraction of sp³-hybridized carbons (Fsp3) is 0.0750. The number of nitrogens with zero attached hydrogens (tertiary/aromatic N) is 2. The first-order chi connectivity index (χ1) is 21.3. The summed E-state index contributed by atoms with van der Waals surface area (Å²) in [6.45, 7) is 0. The molecule has 0 amide bonds. The van der Waals surface area contributed by atoms with Gasteiger partial charge in [-0.25, -0.2) is 4.98 Å². The summed E-state index contributed by atoms with van der Waals surface area (Å²) in [5.74, 6) is 2.56. The van der Waals surface area contributed by atoms with Crippen molar-refractivity contribution in [2.24, 2.45) is 5.92 Å². The maximum Gasteiger partial charge on any atom is 0.308 e. The standard InChI is InChI=1S/C40H29N3/c1-5-15-28(16-6-1)37-41-38(29-17-7-2-8-18-29)43-39(42-37)30-25-26-34-33-23-13-14-24-35(33)40(36(34)27-30,31-19-9-3-10-20-31)32-21-11-4-12-22-32/h1-21,23-27,32H,22H2/p+1. The molecule has 2 aliphatic carbocycles. The Labute approximate surface area is 252 Å². The fourth-order valence-corrected chi connectivity index (χ4v) is 6.98. The van der Waals surface area contributed by atoms with Crippen molar-refractivity contribution in [3.8, 4) is 45.3 Å². The molecule has 0 spiro atoms. The lowest BCUT2D eigenvalue weighted by Gasteiger charge is -2.39. The molecule has 6 aromatic rings. The summed E-state index contributed by atoms with van der Waals surface area (Å²) >= 11 is 0. The first-order valence-electron chi connectivity index (χ1n) is 14.9. The van der Waals surface area contributed by atoms with Gasteiger partial charge in [-0.05, 0) is 76.6 Å². The van der Waals surface area contributed by atoms with Crippen LogP contribution in [-0.4, -0.2) is 9.97 Å². The summed E-state index contributed by atoms with van der Waals surface area (Å²) in [4.78, 5) is 13.7. The van der Waals surface area contributed by atoms with Gasteiger partial charge in [0.05, 0.1) is 22.1 Å². The largest absolute Gasteiger partial charge is 0.308 e. The van der Waals surface area contributed by atoms with Gasteiger partial charge < -0.3 is 0 Å². The summed E-state index contributed by atoms with van der Waals surface area (Å²) in [6.07, 6.45) is 10.0. The van der Waals surface area contributed by atoms with Crippen LogP contribution in [0.15, 0.2) is 158 Å². The Morgan fingerprint density at radius 2 is 1.19 bits per heavy atom. The topological polar surface area (TPSA) is 39.9 Å². The quantitative estimate of drug-likeness (QED) is 0.215. The molecule has 5 aromatic carbocycles. The van der Waals surface area contributed by atoms with Crippen molar-refractivity contribution in [3.63, 3.8) is 0 Å². The van der Waals surface area contributed by atoms with E-state index < -0.39 is 0 Å². The van der Waals surface area contributed by atoms with Crippen LogP contribution in [0, 0.1) is 5.92 Å². The minimum absolute atomic E-state index is 0.270. The summed E-state index contributed by atoms with van der Waals surface area (Å²) in [5.41, 5.74) is 9.29. The number of aromatic nitrogens is 3. The maximum absolute atomic E-state index is 5.12. The molecular formula is C40H30N3+. The molecule has 43 heavy (non-hydrogen) atoms. The second-order valence-electron chi connectivity index (χ2n) is 11.2. The molecule has 0 fully saturated rings. The van der Waals surface area contributed by atoms with Crippen LogP contribution < -0.4 is 4.98 Å². The highest BCUT2D eigenvalue weighted by atomic mass is 15.0. The summed E-state index contributed by atoms with van der Waals surface area (Å²) in [5, 5.41) is 0. The molecule has 0 saturated carbocycles. The van der Waals surface area contributed by atoms with E-state index in [1.807, 2.05) is 36.4 Å². The molecular weight excluding hydrogens is 522 g/mol. The van der Waals surface area contributed by atoms with Crippen LogP contribution >= 0.6 is 0 Å². The predicted octanol–water partition coefficient (Wildman–Crippen LogP) is 8.74. The second kappa shape index (κ2) is 10.5. The molecule has 2 aliphatic rings. The van der Waals surface area contributed by atoms with Crippen LogP contribution in [0.5, 0.6) is 0 Å². The Bertz CT molecular complexity index is 1940. The molecule has 1 N–H and O–H groups in total. The van der Waals surface area contributed by atoms with Gasteiger partial charge in [0.1, 0.15) is 0 Å². The van der Waals surface area contributed by atoms with E-state index in [1.54, 1.807) is 0 Å². The average molecular weight is 553 g/mol. The number of aromatic amines is 1. The van der Waals surface area contributed by atoms with Crippen molar-refractivity contribution >= 4 is 0 Å². The van der Waals surface area contributed by atoms with Gasteiger partial charge in [0.2, 0.25) is 0 Å². The highest BCUT2D eigenvalue weighted by Crippen LogP contribution is 2.58. The Morgan fingerprint density at radius 1 is 0.558 bits per heavy atom. The van der Waals surface area contributed by atoms with Gasteiger partial charge in [0.25, 0.3) is 11.6 Å². The van der Waals surface area contributed by atoms with Gasteiger partial charge in [-0.15, -0.1) is 0 Å². The Hall–Kier alpha value is -5.41. The zero-order valence-corrected chi connectivity index (χ0v) is 23.7. The number of hydrogen-bond acceptors (Lipinski definition) is 2. The van der Waals surface area contributed by atoms with Crippen LogP contribution in [0.2, 0.25) is 0 Å². The third kappa shape index (κ3) is 4.16. The van der Waals surface area contributed by atoms with Gasteiger partial charge in [0, 0.05) is 0 Å². The van der Waals surface area contributed by atoms with Crippen molar-refractivity contribution in [2.75, 3.05) is 0 Å². The van der Waals surface area contributed by atoms with Crippen LogP contribution in [0.3, 0.4) is 0 Å². The first kappa shape index (κ1) is 25.3. The van der Waals surface area contributed by atoms with Gasteiger partial charge in [0.15, 0.2) is 0 Å². The predicted molar refractivity (Wildman–Crippen MR) is 173 cm³/mol. The lowest BCUT2D eigenvalue weighted by atomic mass is 9.62. The lowest BCUT2D eigenvalue weighted by molar-refractivity contribution is -0.359. The lowest BCUT2D eigenvalue weighted by Crippen LogP contribution is -2.35. The highest BCUT2D eigenvalue weighted by Gasteiger charge is 2.49. The molecule has 1 aromatic heterocycles. The number of fused-ring (bicyclic) bond motifs is 3. The van der Waals surface area contributed by atoms with E-state index in [0.717, 1.165) is 34.8 Å². The van der Waals surface area contributed by atoms with E-state index in [0.29, 0.717) is 5.82 Å². The Balaban J connectivity index is 1.38. The van der Waals surface area contributed by atoms with Gasteiger partial charge in [-0.3, -0.25) is 0 Å². The smallest absolute Gasteiger partial charge is 0.240 e. The van der Waals surface area contributed by atoms with Gasteiger partial charge in [-0.2, -0.15) is 0 Å². The van der Waals surface area contributed by atoms with Crippen LogP contribution in [0.25, 0.3) is 45.3 Å². The minimum atomic E-state index is -0.331. The van der Waals surface area contributed by atoms with Gasteiger partial charge in [-0.1, -0.05) is 131 Å². The van der Waals surface area contributed by atoms with E-state index in [4.69, 9.17) is 9.97 Å². The number of H-pyrrole nitrogens is 1.